The van der Waals surface area contributed by atoms with Crippen molar-refractivity contribution in [1.82, 2.24) is 15.0 Å². The summed E-state index contributed by atoms with van der Waals surface area (Å²) in [6.07, 6.45) is 6.40. The van der Waals surface area contributed by atoms with Gasteiger partial charge in [0.05, 0.1) is 11.4 Å². The van der Waals surface area contributed by atoms with Crippen LogP contribution in [0.4, 0.5) is 5.82 Å². The lowest BCUT2D eigenvalue weighted by Crippen LogP contribution is -2.34. The van der Waals surface area contributed by atoms with Crippen LogP contribution in [0.25, 0.3) is 10.2 Å². The van der Waals surface area contributed by atoms with Crippen LogP contribution in [0, 0.1) is 6.92 Å². The quantitative estimate of drug-likeness (QED) is 0.687. The van der Waals surface area contributed by atoms with E-state index < -0.39 is 0 Å². The first-order valence-corrected chi connectivity index (χ1v) is 9.88. The third-order valence-electron chi connectivity index (χ3n) is 4.40. The normalized spacial score (nSPS) is 18.7. The lowest BCUT2D eigenvalue weighted by molar-refractivity contribution is 0.469. The highest BCUT2D eigenvalue weighted by atomic mass is 32.1. The molecule has 0 saturated carbocycles. The molecule has 1 aliphatic rings. The number of fused-ring (bicyclic) bond motifs is 1. The summed E-state index contributed by atoms with van der Waals surface area (Å²) in [6.45, 7) is 5.31. The first-order chi connectivity index (χ1) is 11.3. The fourth-order valence-corrected chi connectivity index (χ4v) is 5.14. The number of hydrogen-bond acceptors (Lipinski definition) is 6. The summed E-state index contributed by atoms with van der Waals surface area (Å²) >= 11 is 3.56. The highest BCUT2D eigenvalue weighted by Crippen LogP contribution is 2.39. The molecule has 1 aliphatic heterocycles. The molecule has 1 saturated heterocycles. The molecule has 0 bridgehead atoms. The molecule has 1 fully saturated rings. The molecule has 4 rings (SSSR count). The van der Waals surface area contributed by atoms with Crippen molar-refractivity contribution in [3.63, 3.8) is 0 Å². The lowest BCUT2D eigenvalue weighted by Gasteiger charge is -2.35. The molecule has 1 unspecified atom stereocenters. The number of aromatic nitrogens is 3. The first-order valence-electron chi connectivity index (χ1n) is 8.18. The van der Waals surface area contributed by atoms with Crippen molar-refractivity contribution in [2.75, 3.05) is 11.4 Å². The molecule has 0 N–H and O–H groups in total. The van der Waals surface area contributed by atoms with E-state index in [9.17, 15) is 0 Å². The van der Waals surface area contributed by atoms with Crippen LogP contribution in [0.1, 0.15) is 47.8 Å². The van der Waals surface area contributed by atoms with Gasteiger partial charge in [0.1, 0.15) is 22.0 Å². The summed E-state index contributed by atoms with van der Waals surface area (Å²) in [4.78, 5) is 18.8. The second kappa shape index (κ2) is 6.17. The Bertz CT molecular complexity index is 823. The van der Waals surface area contributed by atoms with Gasteiger partial charge in [0.15, 0.2) is 0 Å². The topological polar surface area (TPSA) is 41.9 Å². The summed E-state index contributed by atoms with van der Waals surface area (Å²) in [5.41, 5.74) is 1.12. The average Bonchev–Trinajstić information content (AvgIpc) is 3.20. The Labute approximate surface area is 144 Å². The van der Waals surface area contributed by atoms with Gasteiger partial charge in [0, 0.05) is 22.5 Å². The van der Waals surface area contributed by atoms with E-state index in [1.165, 1.54) is 28.1 Å². The number of thiophene rings is 1. The fraction of sp³-hybridized carbons (Fsp3) is 0.471. The molecule has 0 spiro atoms. The Morgan fingerprint density at radius 1 is 1.30 bits per heavy atom. The van der Waals surface area contributed by atoms with Gasteiger partial charge in [0.2, 0.25) is 0 Å². The second-order valence-corrected chi connectivity index (χ2v) is 8.02. The van der Waals surface area contributed by atoms with Gasteiger partial charge in [-0.05, 0) is 38.7 Å². The number of nitrogens with zero attached hydrogens (tertiary/aromatic N) is 4. The van der Waals surface area contributed by atoms with E-state index in [-0.39, 0.29) is 0 Å². The van der Waals surface area contributed by atoms with Gasteiger partial charge in [-0.3, -0.25) is 0 Å². The van der Waals surface area contributed by atoms with Crippen molar-refractivity contribution >= 4 is 38.7 Å². The third-order valence-corrected chi connectivity index (χ3v) is 6.66. The van der Waals surface area contributed by atoms with Crippen molar-refractivity contribution in [1.29, 1.82) is 0 Å². The third kappa shape index (κ3) is 2.74. The van der Waals surface area contributed by atoms with Gasteiger partial charge in [-0.1, -0.05) is 6.92 Å². The Morgan fingerprint density at radius 2 is 2.22 bits per heavy atom. The molecule has 1 atom stereocenters. The van der Waals surface area contributed by atoms with Crippen LogP contribution in [-0.4, -0.2) is 21.5 Å². The van der Waals surface area contributed by atoms with Crippen molar-refractivity contribution < 1.29 is 0 Å². The SMILES string of the molecule is CCc1cc2c(N3CCCCC3c3nc(C)cs3)ncnc2s1. The van der Waals surface area contributed by atoms with Gasteiger partial charge in [-0.15, -0.1) is 22.7 Å². The Balaban J connectivity index is 1.79. The number of hydrogen-bond donors (Lipinski definition) is 0. The molecule has 23 heavy (non-hydrogen) atoms. The number of rotatable bonds is 3. The van der Waals surface area contributed by atoms with E-state index in [0.717, 1.165) is 35.7 Å². The van der Waals surface area contributed by atoms with Gasteiger partial charge in [0.25, 0.3) is 0 Å². The van der Waals surface area contributed by atoms with Crippen LogP contribution < -0.4 is 4.90 Å². The largest absolute Gasteiger partial charge is 0.347 e. The minimum Gasteiger partial charge on any atom is -0.347 e. The second-order valence-electron chi connectivity index (χ2n) is 6.01. The maximum atomic E-state index is 4.75. The maximum Gasteiger partial charge on any atom is 0.141 e. The van der Waals surface area contributed by atoms with E-state index in [4.69, 9.17) is 4.98 Å². The maximum absolute atomic E-state index is 4.75. The fourth-order valence-electron chi connectivity index (χ4n) is 3.26. The molecule has 4 nitrogen and oxygen atoms in total. The van der Waals surface area contributed by atoms with Gasteiger partial charge in [-0.2, -0.15) is 0 Å². The predicted octanol–water partition coefficient (Wildman–Crippen LogP) is 4.75. The lowest BCUT2D eigenvalue weighted by atomic mass is 10.0. The van der Waals surface area contributed by atoms with Crippen molar-refractivity contribution in [3.05, 3.63) is 33.4 Å². The van der Waals surface area contributed by atoms with Crippen molar-refractivity contribution in [3.8, 4) is 0 Å². The zero-order valence-corrected chi connectivity index (χ0v) is 15.1. The molecule has 0 aliphatic carbocycles. The van der Waals surface area contributed by atoms with E-state index in [2.05, 4.69) is 40.2 Å². The highest BCUT2D eigenvalue weighted by Gasteiger charge is 2.28. The van der Waals surface area contributed by atoms with Crippen molar-refractivity contribution in [2.45, 2.75) is 45.6 Å². The molecule has 6 heteroatoms. The molecule has 4 heterocycles. The Kier molecular flexibility index (Phi) is 4.03. The number of piperidine rings is 1. The molecular formula is C17H20N4S2. The molecular weight excluding hydrogens is 324 g/mol. The standard InChI is InChI=1S/C17H20N4S2/c1-3-12-8-13-15(18-10-19-16(13)23-12)21-7-5-4-6-14(21)17-20-11(2)9-22-17/h8-10,14H,3-7H2,1-2H3. The molecule has 0 aromatic carbocycles. The summed E-state index contributed by atoms with van der Waals surface area (Å²) in [5, 5.41) is 4.58. The highest BCUT2D eigenvalue weighted by molar-refractivity contribution is 7.18. The van der Waals surface area contributed by atoms with Crippen molar-refractivity contribution in [2.24, 2.45) is 0 Å². The Hall–Kier alpha value is -1.53. The van der Waals surface area contributed by atoms with Gasteiger partial charge < -0.3 is 4.90 Å². The zero-order valence-electron chi connectivity index (χ0n) is 13.5. The van der Waals surface area contributed by atoms with Crippen LogP contribution >= 0.6 is 22.7 Å². The van der Waals surface area contributed by atoms with E-state index in [1.54, 1.807) is 29.0 Å². The summed E-state index contributed by atoms with van der Waals surface area (Å²) in [5.74, 6) is 1.09. The summed E-state index contributed by atoms with van der Waals surface area (Å²) in [7, 11) is 0. The molecule has 3 aromatic rings. The average molecular weight is 345 g/mol. The minimum atomic E-state index is 0.352. The van der Waals surface area contributed by atoms with Crippen LogP contribution in [0.5, 0.6) is 0 Å². The van der Waals surface area contributed by atoms with Gasteiger partial charge >= 0.3 is 0 Å². The summed E-state index contributed by atoms with van der Waals surface area (Å²) < 4.78 is 0. The smallest absolute Gasteiger partial charge is 0.141 e. The number of aryl methyl sites for hydroxylation is 2. The minimum absolute atomic E-state index is 0.352. The number of thiazole rings is 1. The van der Waals surface area contributed by atoms with Gasteiger partial charge in [-0.25, -0.2) is 15.0 Å². The first kappa shape index (κ1) is 15.0. The zero-order chi connectivity index (χ0) is 15.8. The van der Waals surface area contributed by atoms with Crippen LogP contribution in [-0.2, 0) is 6.42 Å². The molecule has 3 aromatic heterocycles. The van der Waals surface area contributed by atoms with E-state index >= 15 is 0 Å². The molecule has 0 amide bonds. The monoisotopic (exact) mass is 344 g/mol. The van der Waals surface area contributed by atoms with E-state index in [1.807, 2.05) is 0 Å². The Morgan fingerprint density at radius 3 is 3.00 bits per heavy atom. The molecule has 0 radical (unpaired) electrons. The summed E-state index contributed by atoms with van der Waals surface area (Å²) in [6, 6.07) is 2.62. The van der Waals surface area contributed by atoms with Crippen LogP contribution in [0.15, 0.2) is 17.8 Å². The predicted molar refractivity (Wildman–Crippen MR) is 97.6 cm³/mol. The van der Waals surface area contributed by atoms with Crippen LogP contribution in [0.2, 0.25) is 0 Å². The molecule has 120 valence electrons. The number of anilines is 1. The van der Waals surface area contributed by atoms with E-state index in [0.29, 0.717) is 6.04 Å². The van der Waals surface area contributed by atoms with Crippen LogP contribution in [0.3, 0.4) is 0 Å².